The average Bonchev–Trinajstić information content (AvgIpc) is 3.21. The van der Waals surface area contributed by atoms with Crippen LogP contribution < -0.4 is 10.2 Å². The van der Waals surface area contributed by atoms with Crippen molar-refractivity contribution in [3.8, 4) is 11.4 Å². The lowest BCUT2D eigenvalue weighted by Crippen LogP contribution is -2.18. The lowest BCUT2D eigenvalue weighted by Gasteiger charge is -2.08. The molecule has 0 fully saturated rings. The monoisotopic (exact) mass is 369 g/mol. The van der Waals surface area contributed by atoms with Crippen molar-refractivity contribution in [3.63, 3.8) is 0 Å². The van der Waals surface area contributed by atoms with Crippen LogP contribution in [0.4, 0.5) is 0 Å². The van der Waals surface area contributed by atoms with Crippen LogP contribution >= 0.6 is 0 Å². The second-order valence-electron chi connectivity index (χ2n) is 6.23. The molecule has 3 aromatic carbocycles. The van der Waals surface area contributed by atoms with E-state index >= 15 is 0 Å². The third kappa shape index (κ3) is 3.50. The first-order chi connectivity index (χ1) is 13.8. The van der Waals surface area contributed by atoms with Gasteiger partial charge >= 0.3 is 0 Å². The van der Waals surface area contributed by atoms with Crippen LogP contribution in [0.3, 0.4) is 0 Å². The second-order valence-corrected chi connectivity index (χ2v) is 6.23. The average molecular weight is 369 g/mol. The maximum atomic E-state index is 12.3. The molecule has 0 aliphatic carbocycles. The van der Waals surface area contributed by atoms with Crippen LogP contribution in [0.2, 0.25) is 0 Å². The molecule has 5 nitrogen and oxygen atoms in total. The van der Waals surface area contributed by atoms with Crippen LogP contribution in [0.25, 0.3) is 16.5 Å². The van der Waals surface area contributed by atoms with Gasteiger partial charge in [-0.2, -0.15) is 5.10 Å². The van der Waals surface area contributed by atoms with Crippen molar-refractivity contribution in [1.82, 2.24) is 9.99 Å². The normalized spacial score (nSPS) is 11.0. The van der Waals surface area contributed by atoms with Crippen molar-refractivity contribution in [1.29, 1.82) is 0 Å². The molecule has 1 heterocycles. The predicted molar refractivity (Wildman–Crippen MR) is 111 cm³/mol. The van der Waals surface area contributed by atoms with Crippen molar-refractivity contribution >= 4 is 22.9 Å². The van der Waals surface area contributed by atoms with Crippen LogP contribution in [-0.4, -0.2) is 23.8 Å². The molecule has 4 aromatic rings. The predicted octanol–water partition coefficient (Wildman–Crippen LogP) is 4.40. The summed E-state index contributed by atoms with van der Waals surface area (Å²) in [6.07, 6.45) is 3.59. The number of amides is 1. The van der Waals surface area contributed by atoms with Crippen molar-refractivity contribution in [2.45, 2.75) is 0 Å². The molecule has 1 amide bonds. The summed E-state index contributed by atoms with van der Waals surface area (Å²) in [7, 11) is 1.53. The Hall–Kier alpha value is -3.86. The zero-order chi connectivity index (χ0) is 19.3. The Morgan fingerprint density at radius 2 is 1.75 bits per heavy atom. The number of carbonyl (C=O) groups is 1. The topological polar surface area (TPSA) is 55.6 Å². The van der Waals surface area contributed by atoms with Crippen LogP contribution in [0.5, 0.6) is 5.75 Å². The third-order valence-electron chi connectivity index (χ3n) is 4.51. The van der Waals surface area contributed by atoms with E-state index in [0.717, 1.165) is 11.4 Å². The number of nitrogens with one attached hydrogen (secondary N) is 1. The number of nitrogens with zero attached hydrogens (tertiary/aromatic N) is 2. The van der Waals surface area contributed by atoms with Gasteiger partial charge in [-0.1, -0.05) is 42.5 Å². The van der Waals surface area contributed by atoms with Gasteiger partial charge in [-0.3, -0.25) is 4.79 Å². The molecule has 4 rings (SSSR count). The first-order valence-electron chi connectivity index (χ1n) is 8.89. The highest BCUT2D eigenvalue weighted by Gasteiger charge is 2.10. The fourth-order valence-corrected chi connectivity index (χ4v) is 3.11. The Morgan fingerprint density at radius 1 is 0.964 bits per heavy atom. The number of ether oxygens (including phenoxy) is 1. The number of hydrazone groups is 1. The Balaban J connectivity index is 1.55. The number of hydrogen-bond acceptors (Lipinski definition) is 3. The van der Waals surface area contributed by atoms with Gasteiger partial charge in [0.05, 0.1) is 24.6 Å². The molecule has 0 aliphatic rings. The van der Waals surface area contributed by atoms with Crippen molar-refractivity contribution < 1.29 is 9.53 Å². The molecule has 28 heavy (non-hydrogen) atoms. The minimum Gasteiger partial charge on any atom is -0.496 e. The number of para-hydroxylation sites is 1. The van der Waals surface area contributed by atoms with Gasteiger partial charge in [0, 0.05) is 11.9 Å². The first-order valence-corrected chi connectivity index (χ1v) is 8.89. The summed E-state index contributed by atoms with van der Waals surface area (Å²) >= 11 is 0. The standard InChI is InChI=1S/C23H19N3O2/c1-28-22-11-5-4-10-21(22)23(27)25-24-16-20-9-6-14-26(20)19-13-12-17-7-2-3-8-18(17)15-19/h2-16H,1H3,(H,25,27)/b24-16+. The number of methoxy groups -OCH3 is 1. The maximum absolute atomic E-state index is 12.3. The Bertz CT molecular complexity index is 1160. The van der Waals surface area contributed by atoms with E-state index in [9.17, 15) is 4.79 Å². The van der Waals surface area contributed by atoms with Gasteiger partial charge in [0.25, 0.3) is 5.91 Å². The van der Waals surface area contributed by atoms with E-state index in [0.29, 0.717) is 11.3 Å². The second kappa shape index (κ2) is 7.80. The summed E-state index contributed by atoms with van der Waals surface area (Å²) in [5.41, 5.74) is 4.88. The molecular weight excluding hydrogens is 350 g/mol. The number of carbonyl (C=O) groups excluding carboxylic acids is 1. The molecule has 1 N–H and O–H groups in total. The summed E-state index contributed by atoms with van der Waals surface area (Å²) in [6, 6.07) is 25.4. The number of hydrogen-bond donors (Lipinski definition) is 1. The molecule has 0 bridgehead atoms. The van der Waals surface area contributed by atoms with Gasteiger partial charge < -0.3 is 9.30 Å². The highest BCUT2D eigenvalue weighted by Crippen LogP contribution is 2.20. The summed E-state index contributed by atoms with van der Waals surface area (Å²) in [6.45, 7) is 0. The Kier molecular flexibility index (Phi) is 4.89. The third-order valence-corrected chi connectivity index (χ3v) is 4.51. The van der Waals surface area contributed by atoms with Crippen LogP contribution in [0, 0.1) is 0 Å². The number of benzene rings is 3. The van der Waals surface area contributed by atoms with Gasteiger partial charge in [-0.25, -0.2) is 5.43 Å². The summed E-state index contributed by atoms with van der Waals surface area (Å²) in [5.74, 6) is 0.187. The van der Waals surface area contributed by atoms with Crippen LogP contribution in [-0.2, 0) is 0 Å². The molecule has 1 aromatic heterocycles. The smallest absolute Gasteiger partial charge is 0.275 e. The SMILES string of the molecule is COc1ccccc1C(=O)N/N=C/c1cccn1-c1ccc2ccccc2c1. The fraction of sp³-hybridized carbons (Fsp3) is 0.0435. The number of aromatic nitrogens is 1. The van der Waals surface area contributed by atoms with Crippen LogP contribution in [0.1, 0.15) is 16.1 Å². The quantitative estimate of drug-likeness (QED) is 0.419. The maximum Gasteiger partial charge on any atom is 0.275 e. The van der Waals surface area contributed by atoms with Gasteiger partial charge in [0.1, 0.15) is 5.75 Å². The van der Waals surface area contributed by atoms with Crippen molar-refractivity contribution in [2.24, 2.45) is 5.10 Å². The zero-order valence-electron chi connectivity index (χ0n) is 15.4. The molecule has 0 aliphatic heterocycles. The van der Waals surface area contributed by atoms with E-state index in [1.54, 1.807) is 24.4 Å². The van der Waals surface area contributed by atoms with Gasteiger partial charge in [0.15, 0.2) is 0 Å². The molecule has 0 atom stereocenters. The lowest BCUT2D eigenvalue weighted by molar-refractivity contribution is 0.0952. The molecule has 0 saturated heterocycles. The largest absolute Gasteiger partial charge is 0.496 e. The molecule has 0 saturated carbocycles. The Labute approximate surface area is 162 Å². The summed E-state index contributed by atoms with van der Waals surface area (Å²) in [5, 5.41) is 6.47. The molecule has 5 heteroatoms. The molecule has 0 radical (unpaired) electrons. The van der Waals surface area contributed by atoms with Crippen molar-refractivity contribution in [3.05, 3.63) is 96.3 Å². The van der Waals surface area contributed by atoms with E-state index in [4.69, 9.17) is 4.74 Å². The fourth-order valence-electron chi connectivity index (χ4n) is 3.11. The van der Waals surface area contributed by atoms with Gasteiger partial charge in [-0.05, 0) is 47.2 Å². The minimum atomic E-state index is -0.322. The highest BCUT2D eigenvalue weighted by atomic mass is 16.5. The highest BCUT2D eigenvalue weighted by molar-refractivity contribution is 5.97. The van der Waals surface area contributed by atoms with E-state index in [-0.39, 0.29) is 5.91 Å². The molecule has 0 unspecified atom stereocenters. The first kappa shape index (κ1) is 17.5. The van der Waals surface area contributed by atoms with Crippen LogP contribution in [0.15, 0.2) is 90.2 Å². The number of rotatable bonds is 5. The van der Waals surface area contributed by atoms with E-state index in [1.165, 1.54) is 17.9 Å². The molecule has 138 valence electrons. The van der Waals surface area contributed by atoms with Gasteiger partial charge in [-0.15, -0.1) is 0 Å². The zero-order valence-corrected chi connectivity index (χ0v) is 15.4. The summed E-state index contributed by atoms with van der Waals surface area (Å²) in [4.78, 5) is 12.3. The summed E-state index contributed by atoms with van der Waals surface area (Å²) < 4.78 is 7.23. The van der Waals surface area contributed by atoms with E-state index in [2.05, 4.69) is 40.9 Å². The van der Waals surface area contributed by atoms with E-state index in [1.807, 2.05) is 41.1 Å². The van der Waals surface area contributed by atoms with Crippen molar-refractivity contribution in [2.75, 3.05) is 7.11 Å². The lowest BCUT2D eigenvalue weighted by atomic mass is 10.1. The van der Waals surface area contributed by atoms with E-state index < -0.39 is 0 Å². The Morgan fingerprint density at radius 3 is 2.61 bits per heavy atom. The van der Waals surface area contributed by atoms with Gasteiger partial charge in [0.2, 0.25) is 0 Å². The molecule has 0 spiro atoms. The number of fused-ring (bicyclic) bond motifs is 1. The minimum absolute atomic E-state index is 0.322. The molecular formula is C23H19N3O2.